The third kappa shape index (κ3) is 3.71. The SMILES string of the molecule is Bc1cccc(C(=O)c2cc(-c3ccncc3)c(N3CCC(=O)CC3)s2)c1. The maximum atomic E-state index is 13.1. The fourth-order valence-corrected chi connectivity index (χ4v) is 4.55. The van der Waals surface area contributed by atoms with Crippen molar-refractivity contribution < 1.29 is 9.59 Å². The second-order valence-corrected chi connectivity index (χ2v) is 7.82. The predicted octanol–water partition coefficient (Wildman–Crippen LogP) is 2.47. The van der Waals surface area contributed by atoms with Crippen LogP contribution < -0.4 is 10.4 Å². The van der Waals surface area contributed by atoms with Crippen molar-refractivity contribution in [3.05, 3.63) is 65.3 Å². The maximum absolute atomic E-state index is 13.1. The van der Waals surface area contributed by atoms with Gasteiger partial charge in [-0.15, -0.1) is 11.3 Å². The summed E-state index contributed by atoms with van der Waals surface area (Å²) in [6, 6.07) is 13.6. The molecular weight excluding hydrogens is 355 g/mol. The lowest BCUT2D eigenvalue weighted by Crippen LogP contribution is -2.33. The third-order valence-corrected chi connectivity index (χ3v) is 6.01. The van der Waals surface area contributed by atoms with E-state index in [0.29, 0.717) is 37.3 Å². The molecule has 134 valence electrons. The summed E-state index contributed by atoms with van der Waals surface area (Å²) in [6.45, 7) is 1.41. The fraction of sp³-hybridized carbons (Fsp3) is 0.190. The molecule has 1 saturated heterocycles. The van der Waals surface area contributed by atoms with E-state index in [-0.39, 0.29) is 5.78 Å². The highest BCUT2D eigenvalue weighted by Crippen LogP contribution is 2.40. The average Bonchev–Trinajstić information content (AvgIpc) is 3.14. The molecule has 0 N–H and O–H groups in total. The number of anilines is 1. The Morgan fingerprint density at radius 1 is 1.07 bits per heavy atom. The van der Waals surface area contributed by atoms with E-state index < -0.39 is 0 Å². The Labute approximate surface area is 163 Å². The number of hydrogen-bond acceptors (Lipinski definition) is 5. The molecule has 0 unspecified atom stereocenters. The van der Waals surface area contributed by atoms with Gasteiger partial charge in [0.2, 0.25) is 5.78 Å². The van der Waals surface area contributed by atoms with Gasteiger partial charge in [-0.1, -0.05) is 29.7 Å². The first-order chi connectivity index (χ1) is 13.1. The molecule has 3 heterocycles. The van der Waals surface area contributed by atoms with Crippen molar-refractivity contribution >= 4 is 41.2 Å². The summed E-state index contributed by atoms with van der Waals surface area (Å²) in [5.74, 6) is 0.350. The number of Topliss-reactive ketones (excluding diaryl/α,β-unsaturated/α-hetero) is 1. The average molecular weight is 374 g/mol. The van der Waals surface area contributed by atoms with Gasteiger partial charge in [-0.2, -0.15) is 0 Å². The van der Waals surface area contributed by atoms with E-state index in [1.54, 1.807) is 12.4 Å². The molecule has 0 radical (unpaired) electrons. The number of piperidine rings is 1. The number of ketones is 2. The van der Waals surface area contributed by atoms with Gasteiger partial charge in [0.05, 0.1) is 9.88 Å². The van der Waals surface area contributed by atoms with Crippen LogP contribution in [0.1, 0.15) is 28.1 Å². The molecule has 0 saturated carbocycles. The Balaban J connectivity index is 1.75. The molecular formula is C21H19BN2O2S. The zero-order valence-electron chi connectivity index (χ0n) is 15.1. The van der Waals surface area contributed by atoms with E-state index >= 15 is 0 Å². The van der Waals surface area contributed by atoms with Gasteiger partial charge in [-0.3, -0.25) is 14.6 Å². The van der Waals surface area contributed by atoms with Gasteiger partial charge < -0.3 is 4.90 Å². The first kappa shape index (κ1) is 17.7. The third-order valence-electron chi connectivity index (χ3n) is 4.82. The molecule has 4 rings (SSSR count). The van der Waals surface area contributed by atoms with E-state index in [0.717, 1.165) is 26.5 Å². The van der Waals surface area contributed by atoms with E-state index in [1.807, 2.05) is 50.3 Å². The second-order valence-electron chi connectivity index (χ2n) is 6.79. The Bertz CT molecular complexity index is 990. The smallest absolute Gasteiger partial charge is 0.203 e. The van der Waals surface area contributed by atoms with E-state index in [2.05, 4.69) is 9.88 Å². The summed E-state index contributed by atoms with van der Waals surface area (Å²) in [5.41, 5.74) is 3.85. The molecule has 0 atom stereocenters. The van der Waals surface area contributed by atoms with Crippen LogP contribution in [0.3, 0.4) is 0 Å². The van der Waals surface area contributed by atoms with E-state index in [9.17, 15) is 9.59 Å². The number of thiophene rings is 1. The Morgan fingerprint density at radius 3 is 2.52 bits per heavy atom. The van der Waals surface area contributed by atoms with Crippen LogP contribution in [0.15, 0.2) is 54.9 Å². The highest BCUT2D eigenvalue weighted by atomic mass is 32.1. The van der Waals surface area contributed by atoms with Crippen molar-refractivity contribution in [3.8, 4) is 11.1 Å². The summed E-state index contributed by atoms with van der Waals surface area (Å²) >= 11 is 1.52. The number of carbonyl (C=O) groups is 2. The number of rotatable bonds is 4. The summed E-state index contributed by atoms with van der Waals surface area (Å²) in [4.78, 5) is 31.7. The molecule has 2 aromatic heterocycles. The lowest BCUT2D eigenvalue weighted by Gasteiger charge is -2.27. The van der Waals surface area contributed by atoms with E-state index in [1.165, 1.54) is 11.3 Å². The summed E-state index contributed by atoms with van der Waals surface area (Å²) < 4.78 is 0. The summed E-state index contributed by atoms with van der Waals surface area (Å²) in [6.07, 6.45) is 4.65. The number of pyridine rings is 1. The van der Waals surface area contributed by atoms with Crippen LogP contribution in [0.5, 0.6) is 0 Å². The van der Waals surface area contributed by atoms with Gasteiger partial charge in [0, 0.05) is 49.5 Å². The zero-order chi connectivity index (χ0) is 18.8. The predicted molar refractivity (Wildman–Crippen MR) is 112 cm³/mol. The lowest BCUT2D eigenvalue weighted by molar-refractivity contribution is -0.119. The van der Waals surface area contributed by atoms with Crippen LogP contribution in [0.25, 0.3) is 11.1 Å². The van der Waals surface area contributed by atoms with Gasteiger partial charge in [0.25, 0.3) is 0 Å². The molecule has 0 bridgehead atoms. The minimum absolute atomic E-state index is 0.0401. The quantitative estimate of drug-likeness (QED) is 0.520. The molecule has 1 aliphatic rings. The van der Waals surface area contributed by atoms with Gasteiger partial charge in [-0.25, -0.2) is 0 Å². The first-order valence-electron chi connectivity index (χ1n) is 9.04. The molecule has 4 nitrogen and oxygen atoms in total. The highest BCUT2D eigenvalue weighted by molar-refractivity contribution is 7.18. The number of hydrogen-bond donors (Lipinski definition) is 0. The van der Waals surface area contributed by atoms with Crippen molar-refractivity contribution in [3.63, 3.8) is 0 Å². The van der Waals surface area contributed by atoms with Crippen molar-refractivity contribution in [2.24, 2.45) is 0 Å². The molecule has 0 spiro atoms. The van der Waals surface area contributed by atoms with Crippen LogP contribution in [0.2, 0.25) is 0 Å². The number of aromatic nitrogens is 1. The summed E-state index contributed by atoms with van der Waals surface area (Å²) in [7, 11) is 1.99. The lowest BCUT2D eigenvalue weighted by atomic mass is 9.93. The van der Waals surface area contributed by atoms with Gasteiger partial charge in [0.15, 0.2) is 0 Å². The van der Waals surface area contributed by atoms with Crippen LogP contribution in [0, 0.1) is 0 Å². The monoisotopic (exact) mass is 374 g/mol. The van der Waals surface area contributed by atoms with Crippen molar-refractivity contribution in [2.45, 2.75) is 12.8 Å². The van der Waals surface area contributed by atoms with Crippen LogP contribution in [0.4, 0.5) is 5.00 Å². The van der Waals surface area contributed by atoms with E-state index in [4.69, 9.17) is 0 Å². The minimum Gasteiger partial charge on any atom is -0.362 e. The number of nitrogens with zero attached hydrogens (tertiary/aromatic N) is 2. The van der Waals surface area contributed by atoms with Crippen molar-refractivity contribution in [1.82, 2.24) is 4.98 Å². The molecule has 27 heavy (non-hydrogen) atoms. The minimum atomic E-state index is 0.0401. The molecule has 1 aromatic carbocycles. The standard InChI is InChI=1S/C21H19BN2O2S/c22-16-3-1-2-15(12-16)20(26)19-13-18(14-4-8-23-9-5-14)21(27-19)24-10-6-17(25)7-11-24/h1-5,8-9,12-13H,6-7,10-11,22H2. The number of carbonyl (C=O) groups excluding carboxylic acids is 2. The first-order valence-corrected chi connectivity index (χ1v) is 9.86. The molecule has 1 fully saturated rings. The Morgan fingerprint density at radius 2 is 1.81 bits per heavy atom. The zero-order valence-corrected chi connectivity index (χ0v) is 16.0. The summed E-state index contributed by atoms with van der Waals surface area (Å²) in [5, 5.41) is 1.06. The molecule has 0 aliphatic carbocycles. The van der Waals surface area contributed by atoms with Crippen molar-refractivity contribution in [2.75, 3.05) is 18.0 Å². The molecule has 0 amide bonds. The molecule has 6 heteroatoms. The number of benzene rings is 1. The molecule has 1 aliphatic heterocycles. The van der Waals surface area contributed by atoms with Gasteiger partial charge in [0.1, 0.15) is 13.6 Å². The highest BCUT2D eigenvalue weighted by Gasteiger charge is 2.24. The van der Waals surface area contributed by atoms with Gasteiger partial charge in [-0.05, 0) is 23.8 Å². The Hall–Kier alpha value is -2.73. The van der Waals surface area contributed by atoms with Crippen LogP contribution in [-0.4, -0.2) is 37.5 Å². The van der Waals surface area contributed by atoms with Crippen LogP contribution in [-0.2, 0) is 4.79 Å². The largest absolute Gasteiger partial charge is 0.362 e. The molecule has 3 aromatic rings. The topological polar surface area (TPSA) is 50.3 Å². The Kier molecular flexibility index (Phi) is 4.90. The maximum Gasteiger partial charge on any atom is 0.203 e. The van der Waals surface area contributed by atoms with Gasteiger partial charge >= 0.3 is 0 Å². The van der Waals surface area contributed by atoms with Crippen LogP contribution >= 0.6 is 11.3 Å². The normalized spacial score (nSPS) is 14.4. The van der Waals surface area contributed by atoms with Crippen molar-refractivity contribution in [1.29, 1.82) is 0 Å². The fourth-order valence-electron chi connectivity index (χ4n) is 3.35. The second kappa shape index (κ2) is 7.49.